The summed E-state index contributed by atoms with van der Waals surface area (Å²) in [6.45, 7) is 0.971. The lowest BCUT2D eigenvalue weighted by molar-refractivity contribution is 0.202. The molecule has 1 aromatic carbocycles. The summed E-state index contributed by atoms with van der Waals surface area (Å²) in [6, 6.07) is 6.95. The summed E-state index contributed by atoms with van der Waals surface area (Å²) in [4.78, 5) is 0.295. The lowest BCUT2D eigenvalue weighted by atomic mass is 10.0. The van der Waals surface area contributed by atoms with E-state index in [0.29, 0.717) is 18.0 Å². The van der Waals surface area contributed by atoms with Crippen LogP contribution in [-0.2, 0) is 21.2 Å². The molecule has 1 aliphatic rings. The molecule has 0 unspecified atom stereocenters. The Morgan fingerprint density at radius 2 is 1.82 bits per heavy atom. The molecule has 126 valence electrons. The molecule has 0 bridgehead atoms. The van der Waals surface area contributed by atoms with Crippen LogP contribution in [0.4, 0.5) is 0 Å². The number of nitrogens with one attached hydrogen (secondary N) is 1. The van der Waals surface area contributed by atoms with Crippen molar-refractivity contribution in [1.82, 2.24) is 4.72 Å². The van der Waals surface area contributed by atoms with Crippen molar-refractivity contribution in [3.05, 3.63) is 29.8 Å². The molecule has 7 heteroatoms. The fraction of sp³-hybridized carbons (Fsp3) is 0.600. The van der Waals surface area contributed by atoms with E-state index in [4.69, 9.17) is 10.5 Å². The van der Waals surface area contributed by atoms with Gasteiger partial charge < -0.3 is 10.5 Å². The first-order valence-electron chi connectivity index (χ1n) is 7.33. The maximum Gasteiger partial charge on any atom is 0.241 e. The highest BCUT2D eigenvalue weighted by Crippen LogP contribution is 2.30. The van der Waals surface area contributed by atoms with Gasteiger partial charge in [0, 0.05) is 19.2 Å². The summed E-state index contributed by atoms with van der Waals surface area (Å²) in [5, 5.41) is 0. The molecule has 0 radical (unpaired) electrons. The fourth-order valence-corrected chi connectivity index (χ4v) is 4.27. The Morgan fingerprint density at radius 1 is 1.23 bits per heavy atom. The molecule has 5 nitrogen and oxygen atoms in total. The predicted octanol–water partition coefficient (Wildman–Crippen LogP) is 1.85. The number of benzene rings is 1. The van der Waals surface area contributed by atoms with Crippen molar-refractivity contribution in [2.24, 2.45) is 5.73 Å². The van der Waals surface area contributed by atoms with Gasteiger partial charge in [0.15, 0.2) is 0 Å². The highest BCUT2D eigenvalue weighted by molar-refractivity contribution is 7.89. The minimum Gasteiger partial charge on any atom is -0.384 e. The molecule has 0 amide bonds. The number of nitrogens with two attached hydrogens (primary N) is 1. The zero-order chi connectivity index (χ0) is 15.3. The van der Waals surface area contributed by atoms with Crippen LogP contribution in [0.5, 0.6) is 0 Å². The highest BCUT2D eigenvalue weighted by Gasteiger charge is 2.36. The summed E-state index contributed by atoms with van der Waals surface area (Å²) in [7, 11) is -1.86. The summed E-state index contributed by atoms with van der Waals surface area (Å²) < 4.78 is 32.8. The Bertz CT molecular complexity index is 555. The van der Waals surface area contributed by atoms with E-state index < -0.39 is 15.6 Å². The van der Waals surface area contributed by atoms with Crippen LogP contribution in [-0.4, -0.2) is 34.2 Å². The van der Waals surface area contributed by atoms with Crippen LogP contribution in [0, 0.1) is 0 Å². The van der Waals surface area contributed by atoms with Gasteiger partial charge in [-0.05, 0) is 37.0 Å². The summed E-state index contributed by atoms with van der Waals surface area (Å²) in [5.41, 5.74) is 6.39. The molecule has 0 aliphatic heterocycles. The van der Waals surface area contributed by atoms with E-state index in [1.165, 1.54) is 0 Å². The van der Waals surface area contributed by atoms with E-state index in [-0.39, 0.29) is 12.4 Å². The average Bonchev–Trinajstić information content (AvgIpc) is 2.94. The fourth-order valence-electron chi connectivity index (χ4n) is 2.80. The third kappa shape index (κ3) is 4.67. The van der Waals surface area contributed by atoms with Crippen molar-refractivity contribution in [3.8, 4) is 0 Å². The van der Waals surface area contributed by atoms with Crippen molar-refractivity contribution in [1.29, 1.82) is 0 Å². The third-order valence-corrected chi connectivity index (χ3v) is 5.73. The SMILES string of the molecule is COCCc1ccc(S(=O)(=O)NC2(CN)CCCC2)cc1.Cl. The van der Waals surface area contributed by atoms with Crippen molar-refractivity contribution in [2.75, 3.05) is 20.3 Å². The van der Waals surface area contributed by atoms with Gasteiger partial charge in [-0.3, -0.25) is 0 Å². The van der Waals surface area contributed by atoms with Crippen LogP contribution in [0.15, 0.2) is 29.2 Å². The maximum atomic E-state index is 12.5. The Kier molecular flexibility index (Phi) is 7.28. The lowest BCUT2D eigenvalue weighted by Gasteiger charge is -2.28. The molecule has 2 rings (SSSR count). The quantitative estimate of drug-likeness (QED) is 0.787. The minimum absolute atomic E-state index is 0. The predicted molar refractivity (Wildman–Crippen MR) is 89.8 cm³/mol. The van der Waals surface area contributed by atoms with Gasteiger partial charge in [-0.2, -0.15) is 0 Å². The molecule has 1 aliphatic carbocycles. The van der Waals surface area contributed by atoms with E-state index in [1.807, 2.05) is 12.1 Å². The zero-order valence-electron chi connectivity index (χ0n) is 12.9. The van der Waals surface area contributed by atoms with Gasteiger partial charge in [-0.1, -0.05) is 25.0 Å². The normalized spacial score (nSPS) is 17.2. The standard InChI is InChI=1S/C15H24N2O3S.ClH/c1-20-11-8-13-4-6-14(7-5-13)21(18,19)17-15(12-16)9-2-3-10-15;/h4-7,17H,2-3,8-12,16H2,1H3;1H. The van der Waals surface area contributed by atoms with Crippen molar-refractivity contribution >= 4 is 22.4 Å². The molecule has 0 spiro atoms. The molecule has 1 saturated carbocycles. The molecular weight excluding hydrogens is 324 g/mol. The number of halogens is 1. The molecule has 1 aromatic rings. The Balaban J connectivity index is 0.00000242. The van der Waals surface area contributed by atoms with Gasteiger partial charge in [0.2, 0.25) is 10.0 Å². The second kappa shape index (κ2) is 8.26. The monoisotopic (exact) mass is 348 g/mol. The van der Waals surface area contributed by atoms with Gasteiger partial charge >= 0.3 is 0 Å². The molecular formula is C15H25ClN2O3S. The summed E-state index contributed by atoms with van der Waals surface area (Å²) in [6.07, 6.45) is 4.45. The van der Waals surface area contributed by atoms with Crippen LogP contribution in [0.1, 0.15) is 31.2 Å². The van der Waals surface area contributed by atoms with Crippen molar-refractivity contribution < 1.29 is 13.2 Å². The minimum atomic E-state index is -3.51. The summed E-state index contributed by atoms with van der Waals surface area (Å²) in [5.74, 6) is 0. The molecule has 3 N–H and O–H groups in total. The first-order valence-corrected chi connectivity index (χ1v) is 8.82. The average molecular weight is 349 g/mol. The smallest absolute Gasteiger partial charge is 0.241 e. The van der Waals surface area contributed by atoms with Gasteiger partial charge in [0.05, 0.1) is 11.5 Å². The van der Waals surface area contributed by atoms with Crippen molar-refractivity contribution in [3.63, 3.8) is 0 Å². The second-order valence-electron chi connectivity index (χ2n) is 5.68. The number of hydrogen-bond acceptors (Lipinski definition) is 4. The van der Waals surface area contributed by atoms with Crippen LogP contribution < -0.4 is 10.5 Å². The molecule has 0 saturated heterocycles. The van der Waals surface area contributed by atoms with E-state index in [1.54, 1.807) is 19.2 Å². The third-order valence-electron chi connectivity index (χ3n) is 4.13. The van der Waals surface area contributed by atoms with Gasteiger partial charge in [0.1, 0.15) is 0 Å². The first kappa shape index (κ1) is 19.4. The zero-order valence-corrected chi connectivity index (χ0v) is 14.5. The van der Waals surface area contributed by atoms with Gasteiger partial charge in [-0.25, -0.2) is 13.1 Å². The second-order valence-corrected chi connectivity index (χ2v) is 7.37. The molecule has 22 heavy (non-hydrogen) atoms. The van der Waals surface area contributed by atoms with Crippen molar-refractivity contribution in [2.45, 2.75) is 42.5 Å². The molecule has 0 heterocycles. The number of hydrogen-bond donors (Lipinski definition) is 2. The number of methoxy groups -OCH3 is 1. The Labute approximate surface area is 139 Å². The molecule has 0 atom stereocenters. The topological polar surface area (TPSA) is 81.4 Å². The van der Waals surface area contributed by atoms with Crippen LogP contribution >= 0.6 is 12.4 Å². The molecule has 1 fully saturated rings. The highest BCUT2D eigenvalue weighted by atomic mass is 35.5. The lowest BCUT2D eigenvalue weighted by Crippen LogP contribution is -2.51. The van der Waals surface area contributed by atoms with Crippen LogP contribution in [0.25, 0.3) is 0 Å². The number of ether oxygens (including phenoxy) is 1. The maximum absolute atomic E-state index is 12.5. The Hall–Kier alpha value is -0.660. The summed E-state index contributed by atoms with van der Waals surface area (Å²) >= 11 is 0. The molecule has 0 aromatic heterocycles. The van der Waals surface area contributed by atoms with Gasteiger partial charge in [-0.15, -0.1) is 12.4 Å². The van der Waals surface area contributed by atoms with Gasteiger partial charge in [0.25, 0.3) is 0 Å². The number of rotatable bonds is 7. The van der Waals surface area contributed by atoms with E-state index in [2.05, 4.69) is 4.72 Å². The Morgan fingerprint density at radius 3 is 2.32 bits per heavy atom. The number of sulfonamides is 1. The van der Waals surface area contributed by atoms with E-state index in [0.717, 1.165) is 37.7 Å². The largest absolute Gasteiger partial charge is 0.384 e. The van der Waals surface area contributed by atoms with E-state index >= 15 is 0 Å². The first-order chi connectivity index (χ1) is 10.0. The van der Waals surface area contributed by atoms with E-state index in [9.17, 15) is 8.42 Å². The van der Waals surface area contributed by atoms with Crippen LogP contribution in [0.2, 0.25) is 0 Å². The van der Waals surface area contributed by atoms with Crippen LogP contribution in [0.3, 0.4) is 0 Å².